The smallest absolute Gasteiger partial charge is 0.219 e. The summed E-state index contributed by atoms with van der Waals surface area (Å²) < 4.78 is 13.6. The molecule has 2 aromatic rings. The zero-order valence-electron chi connectivity index (χ0n) is 35.7. The van der Waals surface area contributed by atoms with E-state index in [2.05, 4.69) is 41.5 Å². The molecule has 55 heavy (non-hydrogen) atoms. The van der Waals surface area contributed by atoms with Gasteiger partial charge in [-0.3, -0.25) is 0 Å². The first-order chi connectivity index (χ1) is 26.5. The Kier molecular flexibility index (Phi) is 9.72. The fourth-order valence-electron chi connectivity index (χ4n) is 16.8. The Balaban J connectivity index is 0.922. The predicted molar refractivity (Wildman–Crippen MR) is 217 cm³/mol. The van der Waals surface area contributed by atoms with Crippen molar-refractivity contribution in [2.45, 2.75) is 206 Å². The Morgan fingerprint density at radius 1 is 0.382 bits per heavy atom. The van der Waals surface area contributed by atoms with Gasteiger partial charge in [0, 0.05) is 23.7 Å². The molecule has 0 radical (unpaired) electrons. The Morgan fingerprint density at radius 2 is 0.709 bits per heavy atom. The van der Waals surface area contributed by atoms with E-state index < -0.39 is 0 Å². The molecule has 304 valence electrons. The highest BCUT2D eigenvalue weighted by molar-refractivity contribution is 5.22. The van der Waals surface area contributed by atoms with Crippen molar-refractivity contribution in [2.24, 2.45) is 75.4 Å². The maximum atomic E-state index is 6.81. The van der Waals surface area contributed by atoms with Crippen molar-refractivity contribution in [1.29, 1.82) is 0 Å². The van der Waals surface area contributed by atoms with E-state index in [0.717, 1.165) is 82.7 Å². The molecule has 0 N–H and O–H groups in total. The molecule has 8 fully saturated rings. The van der Waals surface area contributed by atoms with Crippen LogP contribution in [0.25, 0.3) is 0 Å². The van der Waals surface area contributed by atoms with Crippen LogP contribution in [-0.2, 0) is 0 Å². The van der Waals surface area contributed by atoms with Gasteiger partial charge in [0.2, 0.25) is 23.6 Å². The normalized spacial score (nSPS) is 44.8. The van der Waals surface area contributed by atoms with Crippen LogP contribution in [0.15, 0.2) is 8.83 Å². The Bertz CT molecular complexity index is 1510. The van der Waals surface area contributed by atoms with E-state index in [1.54, 1.807) is 0 Å². The van der Waals surface area contributed by atoms with Crippen LogP contribution in [0.1, 0.15) is 230 Å². The topological polar surface area (TPSA) is 77.8 Å². The van der Waals surface area contributed by atoms with Gasteiger partial charge in [0.05, 0.1) is 0 Å². The maximum Gasteiger partial charge on any atom is 0.219 e. The molecule has 1 spiro atoms. The molecule has 10 unspecified atom stereocenters. The van der Waals surface area contributed by atoms with Crippen molar-refractivity contribution < 1.29 is 8.83 Å². The van der Waals surface area contributed by atoms with Crippen molar-refractivity contribution in [2.75, 3.05) is 0 Å². The van der Waals surface area contributed by atoms with Crippen LogP contribution in [0.5, 0.6) is 0 Å². The van der Waals surface area contributed by atoms with Crippen LogP contribution in [0.2, 0.25) is 0 Å². The summed E-state index contributed by atoms with van der Waals surface area (Å²) in [6.07, 6.45) is 29.7. The van der Waals surface area contributed by atoms with Crippen LogP contribution < -0.4 is 0 Å². The van der Waals surface area contributed by atoms with Crippen LogP contribution >= 0.6 is 0 Å². The van der Waals surface area contributed by atoms with Crippen LogP contribution in [0.3, 0.4) is 0 Å². The van der Waals surface area contributed by atoms with Gasteiger partial charge in [0.1, 0.15) is 0 Å². The second-order valence-electron chi connectivity index (χ2n) is 23.5. The molecule has 0 amide bonds. The first kappa shape index (κ1) is 37.5. The lowest BCUT2D eigenvalue weighted by Gasteiger charge is -2.52. The molecule has 6 nitrogen and oxygen atoms in total. The summed E-state index contributed by atoms with van der Waals surface area (Å²) in [4.78, 5) is 0. The molecule has 0 aromatic carbocycles. The van der Waals surface area contributed by atoms with E-state index in [-0.39, 0.29) is 0 Å². The molecule has 0 bridgehead atoms. The molecule has 6 heteroatoms. The molecule has 2 heterocycles. The van der Waals surface area contributed by atoms with E-state index in [4.69, 9.17) is 29.2 Å². The van der Waals surface area contributed by atoms with E-state index in [1.165, 1.54) is 141 Å². The molecule has 8 aliphatic carbocycles. The number of nitrogens with zero attached hydrogens (tertiary/aromatic N) is 4. The number of hydrogen-bond acceptors (Lipinski definition) is 6. The highest BCUT2D eigenvalue weighted by Gasteiger charge is 2.72. The van der Waals surface area contributed by atoms with E-state index in [9.17, 15) is 0 Å². The Labute approximate surface area is 333 Å². The zero-order valence-corrected chi connectivity index (χ0v) is 35.7. The first-order valence-corrected chi connectivity index (χ1v) is 24.2. The van der Waals surface area contributed by atoms with Crippen LogP contribution in [0, 0.1) is 75.4 Å². The first-order valence-electron chi connectivity index (χ1n) is 24.2. The minimum atomic E-state index is 0.395. The molecule has 8 aliphatic rings. The van der Waals surface area contributed by atoms with Crippen LogP contribution in [-0.4, -0.2) is 20.4 Å². The highest BCUT2D eigenvalue weighted by Crippen LogP contribution is 2.78. The Morgan fingerprint density at radius 3 is 1.09 bits per heavy atom. The minimum absolute atomic E-state index is 0.395. The zero-order chi connectivity index (χ0) is 37.7. The van der Waals surface area contributed by atoms with Crippen molar-refractivity contribution in [3.8, 4) is 0 Å². The fourth-order valence-corrected chi connectivity index (χ4v) is 16.8. The van der Waals surface area contributed by atoms with Crippen molar-refractivity contribution in [3.63, 3.8) is 0 Å². The molecule has 0 aliphatic heterocycles. The van der Waals surface area contributed by atoms with Gasteiger partial charge in [-0.1, -0.05) is 67.2 Å². The van der Waals surface area contributed by atoms with Gasteiger partial charge in [0.15, 0.2) is 0 Å². The standard InChI is InChI=1S/C49H76N4O2/c1-47(2,3)33-21-15-29(16-22-33)43-50-52-45(54-43)31-19-25-37-35-11-7-9-13-39(35)49(41(37)27-31)40-14-10-8-12-36(40)38-26-20-32(28-42(38)49)46-53-51-44(55-46)30-17-23-34(24-18-30)48(4,5)6/h29-42H,7-28H2,1-6H3. The lowest BCUT2D eigenvalue weighted by atomic mass is 9.52. The molecule has 10 atom stereocenters. The number of hydrogen-bond donors (Lipinski definition) is 0. The molecule has 2 aromatic heterocycles. The highest BCUT2D eigenvalue weighted by atomic mass is 16.4. The van der Waals surface area contributed by atoms with Gasteiger partial charge in [-0.2, -0.15) is 0 Å². The van der Waals surface area contributed by atoms with Gasteiger partial charge < -0.3 is 8.83 Å². The molecule has 10 rings (SSSR count). The third kappa shape index (κ3) is 6.35. The molecular formula is C49H76N4O2. The van der Waals surface area contributed by atoms with Gasteiger partial charge in [0.25, 0.3) is 0 Å². The summed E-state index contributed by atoms with van der Waals surface area (Å²) in [6, 6.07) is 0. The quantitative estimate of drug-likeness (QED) is 0.309. The van der Waals surface area contributed by atoms with Gasteiger partial charge >= 0.3 is 0 Å². The SMILES string of the molecule is CC(C)(C)C1CCC(c2nnc(C3CCC4C5CCCCC5C5(C6CCCCC6C6CCC(c7nnc(C8CCC(C(C)(C)C)CC8)o7)CC65)C4C3)o2)CC1. The second-order valence-corrected chi connectivity index (χ2v) is 23.5. The summed E-state index contributed by atoms with van der Waals surface area (Å²) in [7, 11) is 0. The predicted octanol–water partition coefficient (Wildman–Crippen LogP) is 13.4. The summed E-state index contributed by atoms with van der Waals surface area (Å²) in [5, 5.41) is 19.5. The summed E-state index contributed by atoms with van der Waals surface area (Å²) in [5.74, 6) is 14.5. The van der Waals surface area contributed by atoms with Gasteiger partial charge in [-0.15, -0.1) is 20.4 Å². The van der Waals surface area contributed by atoms with E-state index >= 15 is 0 Å². The average Bonchev–Trinajstić information content (AvgIpc) is 3.99. The van der Waals surface area contributed by atoms with Crippen LogP contribution in [0.4, 0.5) is 0 Å². The maximum absolute atomic E-state index is 6.81. The Hall–Kier alpha value is -1.72. The number of rotatable bonds is 4. The molecular weight excluding hydrogens is 677 g/mol. The lowest BCUT2D eigenvalue weighted by Crippen LogP contribution is -2.47. The van der Waals surface area contributed by atoms with Crippen molar-refractivity contribution in [1.82, 2.24) is 20.4 Å². The largest absolute Gasteiger partial charge is 0.425 e. The summed E-state index contributed by atoms with van der Waals surface area (Å²) in [6.45, 7) is 14.5. The minimum Gasteiger partial charge on any atom is -0.425 e. The summed E-state index contributed by atoms with van der Waals surface area (Å²) in [5.41, 5.74) is 1.27. The average molecular weight is 753 g/mol. The van der Waals surface area contributed by atoms with Gasteiger partial charge in [-0.05, 0) is 191 Å². The third-order valence-electron chi connectivity index (χ3n) is 19.3. The third-order valence-corrected chi connectivity index (χ3v) is 19.3. The molecule has 0 saturated heterocycles. The summed E-state index contributed by atoms with van der Waals surface area (Å²) >= 11 is 0. The number of fused-ring (bicyclic) bond motifs is 10. The monoisotopic (exact) mass is 753 g/mol. The fraction of sp³-hybridized carbons (Fsp3) is 0.918. The van der Waals surface area contributed by atoms with Crippen molar-refractivity contribution in [3.05, 3.63) is 23.6 Å². The number of aromatic nitrogens is 4. The van der Waals surface area contributed by atoms with Crippen molar-refractivity contribution >= 4 is 0 Å². The second kappa shape index (κ2) is 14.2. The lowest BCUT2D eigenvalue weighted by molar-refractivity contribution is -0.0423. The van der Waals surface area contributed by atoms with Gasteiger partial charge in [-0.25, -0.2) is 0 Å². The van der Waals surface area contributed by atoms with E-state index in [0.29, 0.717) is 39.9 Å². The van der Waals surface area contributed by atoms with E-state index in [1.807, 2.05) is 0 Å². The molecule has 8 saturated carbocycles.